The lowest BCUT2D eigenvalue weighted by Gasteiger charge is -2.41. The number of fused-ring (bicyclic) bond motifs is 2. The molecular weight excluding hydrogens is 435 g/mol. The Kier molecular flexibility index (Phi) is 5.71. The van der Waals surface area contributed by atoms with E-state index in [1.165, 1.54) is 6.92 Å². The average Bonchev–Trinajstić information content (AvgIpc) is 2.81. The minimum Gasteiger partial charge on any atom is -0.392 e. The number of hydrogen-bond acceptors (Lipinski definition) is 4. The molecule has 162 valence electrons. The largest absolute Gasteiger partial charge is 0.392 e. The van der Waals surface area contributed by atoms with Gasteiger partial charge in [0, 0.05) is 34.7 Å². The van der Waals surface area contributed by atoms with Crippen molar-refractivity contribution in [3.8, 4) is 0 Å². The van der Waals surface area contributed by atoms with Gasteiger partial charge in [0.2, 0.25) is 5.91 Å². The van der Waals surface area contributed by atoms with E-state index in [9.17, 15) is 14.7 Å². The van der Waals surface area contributed by atoms with Gasteiger partial charge in [0.15, 0.2) is 0 Å². The summed E-state index contributed by atoms with van der Waals surface area (Å²) < 4.78 is 0. The third kappa shape index (κ3) is 3.91. The summed E-state index contributed by atoms with van der Waals surface area (Å²) in [6.45, 7) is 5.29. The number of nitrogens with zero attached hydrogens (tertiary/aromatic N) is 2. The Morgan fingerprint density at radius 3 is 2.61 bits per heavy atom. The number of amides is 1. The summed E-state index contributed by atoms with van der Waals surface area (Å²) >= 11 is 12.7. The number of aliphatic imine (C=N–C) groups is 1. The SMILES string of the molecule is CC(=O)N1c2c(CO)cccc2N=C2CC(C)(C)CC(=O)C2C1c1ccc(Cl)cc1Cl. The number of halogens is 2. The number of hydrogen-bond donors (Lipinski definition) is 1. The van der Waals surface area contributed by atoms with Crippen molar-refractivity contribution in [1.82, 2.24) is 0 Å². The first-order chi connectivity index (χ1) is 14.6. The number of aliphatic hydroxyl groups is 1. The lowest BCUT2D eigenvalue weighted by Crippen LogP contribution is -2.47. The summed E-state index contributed by atoms with van der Waals surface area (Å²) in [5.41, 5.74) is 2.78. The van der Waals surface area contributed by atoms with Crippen LogP contribution in [0.1, 0.15) is 50.8 Å². The Labute approximate surface area is 191 Å². The van der Waals surface area contributed by atoms with Crippen LogP contribution in [0.15, 0.2) is 41.4 Å². The van der Waals surface area contributed by atoms with E-state index in [0.29, 0.717) is 45.4 Å². The molecule has 1 N–H and O–H groups in total. The lowest BCUT2D eigenvalue weighted by molar-refractivity contribution is -0.124. The zero-order valence-electron chi connectivity index (χ0n) is 17.7. The molecule has 0 aromatic heterocycles. The van der Waals surface area contributed by atoms with Gasteiger partial charge in [0.25, 0.3) is 0 Å². The van der Waals surface area contributed by atoms with Crippen LogP contribution in [0.2, 0.25) is 10.0 Å². The molecule has 7 heteroatoms. The Balaban J connectivity index is 2.05. The van der Waals surface area contributed by atoms with Gasteiger partial charge in [-0.3, -0.25) is 14.6 Å². The molecular formula is C24H24Cl2N2O3. The maximum Gasteiger partial charge on any atom is 0.224 e. The van der Waals surface area contributed by atoms with E-state index in [1.807, 2.05) is 19.9 Å². The number of ketones is 1. The standard InChI is InChI=1S/C24H24Cl2N2O3/c1-13(30)28-22-14(12-29)5-4-6-18(22)27-19-10-24(2,3)11-20(31)21(19)23(28)16-8-7-15(25)9-17(16)26/h4-9,21,23,29H,10-12H2,1-3H3. The minimum absolute atomic E-state index is 0.0237. The maximum absolute atomic E-state index is 13.5. The summed E-state index contributed by atoms with van der Waals surface area (Å²) in [6.07, 6.45) is 1.01. The van der Waals surface area contributed by atoms with Crippen molar-refractivity contribution in [3.05, 3.63) is 57.6 Å². The number of aliphatic hydroxyl groups excluding tert-OH is 1. The number of carbonyl (C=O) groups is 2. The highest BCUT2D eigenvalue weighted by atomic mass is 35.5. The van der Waals surface area contributed by atoms with Crippen LogP contribution in [0.3, 0.4) is 0 Å². The third-order valence-electron chi connectivity index (χ3n) is 6.01. The second-order valence-electron chi connectivity index (χ2n) is 9.01. The van der Waals surface area contributed by atoms with Crippen LogP contribution in [0.5, 0.6) is 0 Å². The molecule has 0 spiro atoms. The van der Waals surface area contributed by atoms with E-state index in [0.717, 1.165) is 5.71 Å². The molecule has 5 nitrogen and oxygen atoms in total. The van der Waals surface area contributed by atoms with Gasteiger partial charge in [-0.2, -0.15) is 0 Å². The number of anilines is 1. The Morgan fingerprint density at radius 2 is 1.97 bits per heavy atom. The molecule has 31 heavy (non-hydrogen) atoms. The normalized spacial score (nSPS) is 22.3. The molecule has 0 saturated heterocycles. The van der Waals surface area contributed by atoms with Gasteiger partial charge in [-0.05, 0) is 35.6 Å². The monoisotopic (exact) mass is 458 g/mol. The van der Waals surface area contributed by atoms with E-state index in [4.69, 9.17) is 28.2 Å². The van der Waals surface area contributed by atoms with Crippen LogP contribution in [0.25, 0.3) is 0 Å². The summed E-state index contributed by atoms with van der Waals surface area (Å²) in [6, 6.07) is 9.78. The van der Waals surface area contributed by atoms with E-state index < -0.39 is 12.0 Å². The fraction of sp³-hybridized carbons (Fsp3) is 0.375. The second kappa shape index (κ2) is 8.05. The number of para-hydroxylation sites is 1. The summed E-state index contributed by atoms with van der Waals surface area (Å²) in [5.74, 6) is -0.864. The first-order valence-corrected chi connectivity index (χ1v) is 11.0. The van der Waals surface area contributed by atoms with Gasteiger partial charge in [0.1, 0.15) is 5.78 Å². The first-order valence-electron chi connectivity index (χ1n) is 10.2. The molecule has 2 aromatic carbocycles. The molecule has 1 amide bonds. The zero-order valence-corrected chi connectivity index (χ0v) is 19.2. The first kappa shape index (κ1) is 22.0. The third-order valence-corrected chi connectivity index (χ3v) is 6.57. The van der Waals surface area contributed by atoms with Crippen molar-refractivity contribution in [2.75, 3.05) is 4.90 Å². The zero-order chi connectivity index (χ0) is 22.5. The Hall–Kier alpha value is -2.21. The van der Waals surface area contributed by atoms with E-state index in [1.54, 1.807) is 35.2 Å². The Morgan fingerprint density at radius 1 is 1.23 bits per heavy atom. The van der Waals surface area contributed by atoms with Gasteiger partial charge < -0.3 is 10.0 Å². The minimum atomic E-state index is -0.682. The summed E-state index contributed by atoms with van der Waals surface area (Å²) in [5, 5.41) is 10.9. The fourth-order valence-electron chi connectivity index (χ4n) is 4.83. The van der Waals surface area contributed by atoms with Crippen molar-refractivity contribution in [3.63, 3.8) is 0 Å². The van der Waals surface area contributed by atoms with Gasteiger partial charge in [-0.15, -0.1) is 0 Å². The van der Waals surface area contributed by atoms with Crippen LogP contribution in [-0.4, -0.2) is 22.5 Å². The number of carbonyl (C=O) groups excluding carboxylic acids is 2. The molecule has 1 aliphatic heterocycles. The average molecular weight is 459 g/mol. The molecule has 1 heterocycles. The fourth-order valence-corrected chi connectivity index (χ4v) is 5.35. The molecule has 1 saturated carbocycles. The van der Waals surface area contributed by atoms with Gasteiger partial charge >= 0.3 is 0 Å². The molecule has 2 aliphatic rings. The maximum atomic E-state index is 13.5. The number of benzene rings is 2. The predicted molar refractivity (Wildman–Crippen MR) is 123 cm³/mol. The van der Waals surface area contributed by atoms with Crippen LogP contribution < -0.4 is 4.90 Å². The van der Waals surface area contributed by atoms with Gasteiger partial charge in [-0.25, -0.2) is 0 Å². The van der Waals surface area contributed by atoms with Crippen molar-refractivity contribution in [2.45, 2.75) is 46.3 Å². The van der Waals surface area contributed by atoms with Crippen LogP contribution >= 0.6 is 23.2 Å². The number of rotatable bonds is 2. The smallest absolute Gasteiger partial charge is 0.224 e. The van der Waals surface area contributed by atoms with Crippen LogP contribution in [0.4, 0.5) is 11.4 Å². The predicted octanol–water partition coefficient (Wildman–Crippen LogP) is 5.67. The van der Waals surface area contributed by atoms with Crippen molar-refractivity contribution in [1.29, 1.82) is 0 Å². The molecule has 4 rings (SSSR count). The Bertz CT molecular complexity index is 1110. The van der Waals surface area contributed by atoms with Crippen molar-refractivity contribution in [2.24, 2.45) is 16.3 Å². The highest BCUT2D eigenvalue weighted by molar-refractivity contribution is 6.35. The molecule has 0 bridgehead atoms. The molecule has 0 radical (unpaired) electrons. The molecule has 2 atom stereocenters. The van der Waals surface area contributed by atoms with Gasteiger partial charge in [-0.1, -0.05) is 55.2 Å². The summed E-state index contributed by atoms with van der Waals surface area (Å²) in [4.78, 5) is 33.0. The lowest BCUT2D eigenvalue weighted by atomic mass is 9.68. The van der Waals surface area contributed by atoms with Crippen LogP contribution in [0, 0.1) is 11.3 Å². The second-order valence-corrected chi connectivity index (χ2v) is 9.85. The molecule has 1 fully saturated rings. The molecule has 1 aliphatic carbocycles. The number of Topliss-reactive ketones (excluding diaryl/α,β-unsaturated/α-hetero) is 1. The highest BCUT2D eigenvalue weighted by Gasteiger charge is 2.48. The molecule has 2 aromatic rings. The molecule has 2 unspecified atom stereocenters. The highest BCUT2D eigenvalue weighted by Crippen LogP contribution is 2.50. The van der Waals surface area contributed by atoms with Crippen molar-refractivity contribution < 1.29 is 14.7 Å². The van der Waals surface area contributed by atoms with Crippen molar-refractivity contribution >= 4 is 52.0 Å². The summed E-state index contributed by atoms with van der Waals surface area (Å²) in [7, 11) is 0. The van der Waals surface area contributed by atoms with E-state index in [2.05, 4.69) is 0 Å². The van der Waals surface area contributed by atoms with E-state index >= 15 is 0 Å². The topological polar surface area (TPSA) is 70.0 Å². The quantitative estimate of drug-likeness (QED) is 0.629. The van der Waals surface area contributed by atoms with Crippen LogP contribution in [-0.2, 0) is 16.2 Å². The van der Waals surface area contributed by atoms with E-state index in [-0.39, 0.29) is 23.7 Å². The van der Waals surface area contributed by atoms with Gasteiger partial charge in [0.05, 0.1) is 29.9 Å².